The predicted octanol–water partition coefficient (Wildman–Crippen LogP) is 4.48. The molecule has 0 spiro atoms. The van der Waals surface area contributed by atoms with E-state index >= 15 is 0 Å². The van der Waals surface area contributed by atoms with Gasteiger partial charge in [0.25, 0.3) is 17.7 Å². The minimum absolute atomic E-state index is 0.0874. The zero-order valence-electron chi connectivity index (χ0n) is 34.5. The molecular formula is C46H50N8O6. The summed E-state index contributed by atoms with van der Waals surface area (Å²) in [5.41, 5.74) is 2.96. The number of nitriles is 2. The topological polar surface area (TPSA) is 179 Å². The van der Waals surface area contributed by atoms with E-state index in [1.165, 1.54) is 0 Å². The molecule has 4 fully saturated rings. The van der Waals surface area contributed by atoms with Crippen LogP contribution in [0.4, 0.5) is 11.4 Å². The molecule has 3 aromatic carbocycles. The average molecular weight is 811 g/mol. The molecule has 14 nitrogen and oxygen atoms in total. The number of carbonyl (C=O) groups is 5. The largest absolute Gasteiger partial charge is 0.489 e. The standard InChI is InChI=1S/C46H50N8O6/c1-45(2)43(46(3,4)44(45)60-34-11-7-30(25-47)31(23-34)26-48)50-39(56)29-5-8-32(9-6-29)52-17-15-28(16-18-52)27-51-19-21-53(22-20-51)33-10-12-35-36(24-33)42(59)54(41(35)58)37-13-14-38(55)49-40(37)57/h5-12,23-24,28,37,43-44H,13-22,27H2,1-4H3,(H,50,56)(H,49,55,57)/t37?,43-,44-. The molecule has 1 atom stereocenters. The van der Waals surface area contributed by atoms with Gasteiger partial charge in [0.2, 0.25) is 11.8 Å². The SMILES string of the molecule is CC1(C)[C@H](NC(=O)c2ccc(N3CCC(CN4CCN(c5ccc6c(c5)C(=O)N(C5CCC(=O)NC5=O)C6=O)CC4)CC3)cc2)C(C)(C)[C@H]1Oc1ccc(C#N)c(C#N)c1. The fraction of sp³-hybridized carbons (Fsp3) is 0.457. The Labute approximate surface area is 350 Å². The second kappa shape index (κ2) is 15.7. The lowest BCUT2D eigenvalue weighted by atomic mass is 9.49. The molecule has 0 radical (unpaired) electrons. The van der Waals surface area contributed by atoms with Gasteiger partial charge < -0.3 is 19.9 Å². The first kappa shape index (κ1) is 40.5. The Hall–Kier alpha value is -6.25. The zero-order valence-corrected chi connectivity index (χ0v) is 34.5. The van der Waals surface area contributed by atoms with Crippen molar-refractivity contribution in [3.05, 3.63) is 88.5 Å². The number of rotatable bonds is 9. The fourth-order valence-electron chi connectivity index (χ4n) is 10.3. The van der Waals surface area contributed by atoms with Gasteiger partial charge in [0.15, 0.2) is 0 Å². The third kappa shape index (κ3) is 7.34. The van der Waals surface area contributed by atoms with Crippen LogP contribution in [0, 0.1) is 39.4 Å². The zero-order chi connectivity index (χ0) is 42.5. The lowest BCUT2D eigenvalue weighted by molar-refractivity contribution is -0.164. The van der Waals surface area contributed by atoms with Gasteiger partial charge in [-0.2, -0.15) is 10.5 Å². The summed E-state index contributed by atoms with van der Waals surface area (Å²) in [5, 5.41) is 24.2. The van der Waals surface area contributed by atoms with Crippen molar-refractivity contribution < 1.29 is 28.7 Å². The molecule has 1 aliphatic carbocycles. The molecule has 14 heteroatoms. The van der Waals surface area contributed by atoms with Crippen molar-refractivity contribution in [2.45, 2.75) is 71.6 Å². The number of imide groups is 2. The van der Waals surface area contributed by atoms with Crippen LogP contribution >= 0.6 is 0 Å². The quantitative estimate of drug-likeness (QED) is 0.291. The Morgan fingerprint density at radius 1 is 0.767 bits per heavy atom. The van der Waals surface area contributed by atoms with E-state index in [1.807, 2.05) is 36.4 Å². The molecule has 4 heterocycles. The molecule has 60 heavy (non-hydrogen) atoms. The van der Waals surface area contributed by atoms with Crippen LogP contribution in [0.3, 0.4) is 0 Å². The highest BCUT2D eigenvalue weighted by Crippen LogP contribution is 2.55. The van der Waals surface area contributed by atoms with Gasteiger partial charge in [-0.3, -0.25) is 39.1 Å². The van der Waals surface area contributed by atoms with Crippen molar-refractivity contribution in [2.24, 2.45) is 16.7 Å². The van der Waals surface area contributed by atoms with Crippen LogP contribution in [0.15, 0.2) is 60.7 Å². The Morgan fingerprint density at radius 3 is 2.05 bits per heavy atom. The maximum absolute atomic E-state index is 13.5. The van der Waals surface area contributed by atoms with E-state index in [-0.39, 0.29) is 42.0 Å². The number of piperazine rings is 1. The van der Waals surface area contributed by atoms with Crippen LogP contribution in [-0.2, 0) is 9.59 Å². The molecule has 310 valence electrons. The van der Waals surface area contributed by atoms with Gasteiger partial charge in [0.05, 0.1) is 22.3 Å². The lowest BCUT2D eigenvalue weighted by Gasteiger charge is -2.63. The smallest absolute Gasteiger partial charge is 0.262 e. The van der Waals surface area contributed by atoms with Crippen molar-refractivity contribution in [3.8, 4) is 17.9 Å². The van der Waals surface area contributed by atoms with Crippen LogP contribution in [-0.4, -0.2) is 103 Å². The molecule has 1 saturated carbocycles. The number of fused-ring (bicyclic) bond motifs is 1. The highest BCUT2D eigenvalue weighted by atomic mass is 16.5. The Bertz CT molecular complexity index is 2310. The first-order chi connectivity index (χ1) is 28.7. The fourth-order valence-corrected chi connectivity index (χ4v) is 10.3. The van der Waals surface area contributed by atoms with Crippen LogP contribution in [0.1, 0.15) is 95.6 Å². The molecule has 5 amide bonds. The van der Waals surface area contributed by atoms with Gasteiger partial charge in [-0.25, -0.2) is 0 Å². The molecule has 8 rings (SSSR count). The van der Waals surface area contributed by atoms with Crippen LogP contribution < -0.4 is 25.2 Å². The third-order valence-corrected chi connectivity index (χ3v) is 13.4. The minimum atomic E-state index is -0.978. The van der Waals surface area contributed by atoms with Gasteiger partial charge in [-0.1, -0.05) is 27.7 Å². The molecule has 3 aromatic rings. The second-order valence-corrected chi connectivity index (χ2v) is 17.9. The Morgan fingerprint density at radius 2 is 1.40 bits per heavy atom. The maximum Gasteiger partial charge on any atom is 0.262 e. The van der Waals surface area contributed by atoms with Gasteiger partial charge in [-0.15, -0.1) is 0 Å². The summed E-state index contributed by atoms with van der Waals surface area (Å²) >= 11 is 0. The van der Waals surface area contributed by atoms with E-state index in [1.54, 1.807) is 30.3 Å². The summed E-state index contributed by atoms with van der Waals surface area (Å²) in [4.78, 5) is 72.2. The maximum atomic E-state index is 13.5. The molecular weight excluding hydrogens is 761 g/mol. The number of piperidine rings is 2. The third-order valence-electron chi connectivity index (χ3n) is 13.4. The first-order valence-corrected chi connectivity index (χ1v) is 20.8. The number of amides is 5. The van der Waals surface area contributed by atoms with Crippen molar-refractivity contribution in [3.63, 3.8) is 0 Å². The summed E-state index contributed by atoms with van der Waals surface area (Å²) in [6.45, 7) is 14.6. The molecule has 0 aromatic heterocycles. The predicted molar refractivity (Wildman–Crippen MR) is 222 cm³/mol. The highest BCUT2D eigenvalue weighted by molar-refractivity contribution is 6.23. The van der Waals surface area contributed by atoms with Gasteiger partial charge in [0.1, 0.15) is 30.0 Å². The molecule has 5 aliphatic rings. The Balaban J connectivity index is 0.791. The number of ether oxygens (including phenoxy) is 1. The summed E-state index contributed by atoms with van der Waals surface area (Å²) in [5.74, 6) is -1.02. The van der Waals surface area contributed by atoms with Crippen molar-refractivity contribution in [2.75, 3.05) is 55.6 Å². The van der Waals surface area contributed by atoms with Crippen molar-refractivity contribution >= 4 is 40.9 Å². The van der Waals surface area contributed by atoms with Gasteiger partial charge in [0, 0.05) is 86.0 Å². The number of hydrogen-bond donors (Lipinski definition) is 2. The molecule has 0 bridgehead atoms. The minimum Gasteiger partial charge on any atom is -0.489 e. The van der Waals surface area contributed by atoms with Crippen LogP contribution in [0.5, 0.6) is 5.75 Å². The van der Waals surface area contributed by atoms with E-state index < -0.39 is 40.5 Å². The normalized spacial score (nSPS) is 23.9. The number of nitrogens with zero attached hydrogens (tertiary/aromatic N) is 6. The van der Waals surface area contributed by atoms with E-state index in [0.29, 0.717) is 28.4 Å². The number of hydrogen-bond acceptors (Lipinski definition) is 11. The molecule has 3 saturated heterocycles. The van der Waals surface area contributed by atoms with Crippen LogP contribution in [0.25, 0.3) is 0 Å². The molecule has 1 unspecified atom stereocenters. The lowest BCUT2D eigenvalue weighted by Crippen LogP contribution is -2.74. The second-order valence-electron chi connectivity index (χ2n) is 17.9. The number of benzene rings is 3. The van der Waals surface area contributed by atoms with E-state index in [0.717, 1.165) is 74.9 Å². The number of anilines is 2. The molecule has 4 aliphatic heterocycles. The van der Waals surface area contributed by atoms with E-state index in [4.69, 9.17) is 4.74 Å². The summed E-state index contributed by atoms with van der Waals surface area (Å²) in [6.07, 6.45) is 2.13. The van der Waals surface area contributed by atoms with Crippen molar-refractivity contribution in [1.29, 1.82) is 10.5 Å². The average Bonchev–Trinajstić information content (AvgIpc) is 3.49. The number of nitrogens with one attached hydrogen (secondary N) is 2. The first-order valence-electron chi connectivity index (χ1n) is 20.8. The monoisotopic (exact) mass is 810 g/mol. The highest BCUT2D eigenvalue weighted by Gasteiger charge is 2.64. The molecule has 2 N–H and O–H groups in total. The summed E-state index contributed by atoms with van der Waals surface area (Å²) < 4.78 is 6.38. The summed E-state index contributed by atoms with van der Waals surface area (Å²) in [7, 11) is 0. The number of carbonyl (C=O) groups excluding carboxylic acids is 5. The van der Waals surface area contributed by atoms with E-state index in [9.17, 15) is 34.5 Å². The van der Waals surface area contributed by atoms with Gasteiger partial charge in [-0.05, 0) is 85.8 Å². The Kier molecular flexibility index (Phi) is 10.6. The van der Waals surface area contributed by atoms with Gasteiger partial charge >= 0.3 is 0 Å². The van der Waals surface area contributed by atoms with E-state index in [2.05, 4.69) is 59.1 Å². The van der Waals surface area contributed by atoms with Crippen LogP contribution in [0.2, 0.25) is 0 Å². The summed E-state index contributed by atoms with van der Waals surface area (Å²) in [6, 6.07) is 21.0. The van der Waals surface area contributed by atoms with Crippen molar-refractivity contribution in [1.82, 2.24) is 20.4 Å².